The number of carbonyl (C=O) groups is 1. The van der Waals surface area contributed by atoms with Crippen LogP contribution in [-0.4, -0.2) is 10.8 Å². The lowest BCUT2D eigenvalue weighted by Crippen LogP contribution is -2.09. The van der Waals surface area contributed by atoms with Crippen molar-refractivity contribution in [2.24, 2.45) is 0 Å². The number of aromatic nitrogens is 1. The summed E-state index contributed by atoms with van der Waals surface area (Å²) in [4.78, 5) is 16.0. The van der Waals surface area contributed by atoms with Crippen LogP contribution in [0.3, 0.4) is 0 Å². The molecule has 1 heterocycles. The van der Waals surface area contributed by atoms with Gasteiger partial charge in [-0.05, 0) is 24.8 Å². The van der Waals surface area contributed by atoms with Gasteiger partial charge in [0.15, 0.2) is 0 Å². The van der Waals surface area contributed by atoms with Crippen molar-refractivity contribution in [3.63, 3.8) is 0 Å². The van der Waals surface area contributed by atoms with E-state index in [1.54, 1.807) is 13.1 Å². The Kier molecular flexibility index (Phi) is 3.00. The fraction of sp³-hybridized carbons (Fsp3) is 0.286. The van der Waals surface area contributed by atoms with Gasteiger partial charge >= 0.3 is 0 Å². The molecule has 0 radical (unpaired) electrons. The van der Waals surface area contributed by atoms with Gasteiger partial charge in [-0.2, -0.15) is 0 Å². The van der Waals surface area contributed by atoms with E-state index in [2.05, 4.69) is 4.98 Å². The molecule has 0 saturated heterocycles. The van der Waals surface area contributed by atoms with Crippen LogP contribution in [0.15, 0.2) is 36.5 Å². The summed E-state index contributed by atoms with van der Waals surface area (Å²) in [6.07, 6.45) is 2.58. The van der Waals surface area contributed by atoms with Gasteiger partial charge in [0.2, 0.25) is 0 Å². The first-order chi connectivity index (χ1) is 7.74. The average molecular weight is 213 g/mol. The third kappa shape index (κ3) is 1.83. The molecule has 0 aliphatic heterocycles. The minimum Gasteiger partial charge on any atom is -0.299 e. The summed E-state index contributed by atoms with van der Waals surface area (Å²) < 4.78 is 0. The average Bonchev–Trinajstić information content (AvgIpc) is 2.30. The SMILES string of the molecule is CCC(C(C)=O)c1nccc2ccccc12. The molecule has 0 aliphatic carbocycles. The van der Waals surface area contributed by atoms with Gasteiger partial charge in [-0.1, -0.05) is 31.2 Å². The van der Waals surface area contributed by atoms with Crippen LogP contribution in [0.5, 0.6) is 0 Å². The third-order valence-electron chi connectivity index (χ3n) is 2.93. The Morgan fingerprint density at radius 1 is 1.31 bits per heavy atom. The smallest absolute Gasteiger partial charge is 0.138 e. The van der Waals surface area contributed by atoms with Crippen LogP contribution in [0.1, 0.15) is 31.9 Å². The first-order valence-corrected chi connectivity index (χ1v) is 5.58. The molecule has 82 valence electrons. The number of benzene rings is 1. The van der Waals surface area contributed by atoms with Crippen LogP contribution in [0.4, 0.5) is 0 Å². The minimum atomic E-state index is -0.0777. The van der Waals surface area contributed by atoms with Crippen molar-refractivity contribution in [3.8, 4) is 0 Å². The lowest BCUT2D eigenvalue weighted by atomic mass is 9.94. The summed E-state index contributed by atoms with van der Waals surface area (Å²) in [7, 11) is 0. The van der Waals surface area contributed by atoms with Crippen molar-refractivity contribution < 1.29 is 4.79 Å². The van der Waals surface area contributed by atoms with Crippen LogP contribution < -0.4 is 0 Å². The third-order valence-corrected chi connectivity index (χ3v) is 2.93. The molecule has 2 aromatic rings. The molecule has 0 bridgehead atoms. The van der Waals surface area contributed by atoms with E-state index in [0.29, 0.717) is 0 Å². The van der Waals surface area contributed by atoms with E-state index in [0.717, 1.165) is 22.9 Å². The number of carbonyl (C=O) groups excluding carboxylic acids is 1. The zero-order chi connectivity index (χ0) is 11.5. The van der Waals surface area contributed by atoms with E-state index in [4.69, 9.17) is 0 Å². The first-order valence-electron chi connectivity index (χ1n) is 5.58. The fourth-order valence-electron chi connectivity index (χ4n) is 2.09. The van der Waals surface area contributed by atoms with Crippen molar-refractivity contribution in [1.82, 2.24) is 4.98 Å². The highest BCUT2D eigenvalue weighted by Gasteiger charge is 2.17. The largest absolute Gasteiger partial charge is 0.299 e. The van der Waals surface area contributed by atoms with E-state index in [1.165, 1.54) is 0 Å². The second kappa shape index (κ2) is 4.44. The van der Waals surface area contributed by atoms with Gasteiger partial charge in [-0.3, -0.25) is 9.78 Å². The Labute approximate surface area is 95.3 Å². The quantitative estimate of drug-likeness (QED) is 0.782. The normalized spacial score (nSPS) is 12.6. The number of Topliss-reactive ketones (excluding diaryl/α,β-unsaturated/α-hetero) is 1. The maximum atomic E-state index is 11.6. The Bertz CT molecular complexity index is 514. The molecular formula is C14H15NO. The maximum absolute atomic E-state index is 11.6. The molecule has 0 amide bonds. The molecule has 2 rings (SSSR count). The standard InChI is InChI=1S/C14H15NO/c1-3-12(10(2)16)14-13-7-5-4-6-11(13)8-9-15-14/h4-9,12H,3H2,1-2H3. The molecule has 0 fully saturated rings. The van der Waals surface area contributed by atoms with Crippen LogP contribution in [-0.2, 0) is 4.79 Å². The molecule has 2 nitrogen and oxygen atoms in total. The zero-order valence-electron chi connectivity index (χ0n) is 9.60. The molecule has 16 heavy (non-hydrogen) atoms. The molecule has 1 aromatic carbocycles. The number of pyridine rings is 1. The highest BCUT2D eigenvalue weighted by Crippen LogP contribution is 2.26. The number of fused-ring (bicyclic) bond motifs is 1. The van der Waals surface area contributed by atoms with E-state index < -0.39 is 0 Å². The second-order valence-electron chi connectivity index (χ2n) is 3.99. The molecule has 1 atom stereocenters. The minimum absolute atomic E-state index is 0.0777. The summed E-state index contributed by atoms with van der Waals surface area (Å²) in [5.74, 6) is 0.109. The topological polar surface area (TPSA) is 30.0 Å². The van der Waals surface area contributed by atoms with E-state index in [-0.39, 0.29) is 11.7 Å². The Hall–Kier alpha value is -1.70. The summed E-state index contributed by atoms with van der Waals surface area (Å²) in [5.41, 5.74) is 0.910. The van der Waals surface area contributed by atoms with Gasteiger partial charge in [-0.15, -0.1) is 0 Å². The van der Waals surface area contributed by atoms with E-state index in [9.17, 15) is 4.79 Å². The zero-order valence-corrected chi connectivity index (χ0v) is 9.60. The number of rotatable bonds is 3. The van der Waals surface area contributed by atoms with Gasteiger partial charge in [0.25, 0.3) is 0 Å². The van der Waals surface area contributed by atoms with Crippen molar-refractivity contribution in [2.45, 2.75) is 26.2 Å². The number of hydrogen-bond acceptors (Lipinski definition) is 2. The van der Waals surface area contributed by atoms with Gasteiger partial charge < -0.3 is 0 Å². The predicted octanol–water partition coefficient (Wildman–Crippen LogP) is 3.32. The highest BCUT2D eigenvalue weighted by molar-refractivity contribution is 5.91. The van der Waals surface area contributed by atoms with Crippen LogP contribution in [0.2, 0.25) is 0 Å². The van der Waals surface area contributed by atoms with Gasteiger partial charge in [0.1, 0.15) is 5.78 Å². The summed E-state index contributed by atoms with van der Waals surface area (Å²) in [6, 6.07) is 10.0. The van der Waals surface area contributed by atoms with Crippen molar-refractivity contribution in [3.05, 3.63) is 42.2 Å². The highest BCUT2D eigenvalue weighted by atomic mass is 16.1. The Morgan fingerprint density at radius 3 is 2.75 bits per heavy atom. The Morgan fingerprint density at radius 2 is 2.06 bits per heavy atom. The van der Waals surface area contributed by atoms with Crippen LogP contribution in [0, 0.1) is 0 Å². The van der Waals surface area contributed by atoms with Crippen molar-refractivity contribution >= 4 is 16.6 Å². The fourth-order valence-corrected chi connectivity index (χ4v) is 2.09. The molecule has 1 unspecified atom stereocenters. The van der Waals surface area contributed by atoms with Crippen LogP contribution in [0.25, 0.3) is 10.8 Å². The molecule has 0 spiro atoms. The molecule has 0 aliphatic rings. The monoisotopic (exact) mass is 213 g/mol. The number of ketones is 1. The van der Waals surface area contributed by atoms with Crippen LogP contribution >= 0.6 is 0 Å². The summed E-state index contributed by atoms with van der Waals surface area (Å²) in [6.45, 7) is 3.66. The van der Waals surface area contributed by atoms with Gasteiger partial charge in [-0.25, -0.2) is 0 Å². The van der Waals surface area contributed by atoms with E-state index in [1.807, 2.05) is 37.3 Å². The van der Waals surface area contributed by atoms with E-state index >= 15 is 0 Å². The summed E-state index contributed by atoms with van der Waals surface area (Å²) in [5, 5.41) is 2.24. The van der Waals surface area contributed by atoms with Crippen molar-refractivity contribution in [2.75, 3.05) is 0 Å². The molecule has 2 heteroatoms. The summed E-state index contributed by atoms with van der Waals surface area (Å²) >= 11 is 0. The molecule has 1 aromatic heterocycles. The van der Waals surface area contributed by atoms with Crippen molar-refractivity contribution in [1.29, 1.82) is 0 Å². The lowest BCUT2D eigenvalue weighted by Gasteiger charge is -2.13. The predicted molar refractivity (Wildman–Crippen MR) is 65.5 cm³/mol. The second-order valence-corrected chi connectivity index (χ2v) is 3.99. The van der Waals surface area contributed by atoms with Gasteiger partial charge in [0.05, 0.1) is 11.6 Å². The first kappa shape index (κ1) is 10.8. The van der Waals surface area contributed by atoms with Gasteiger partial charge in [0, 0.05) is 11.6 Å². The molecule has 0 saturated carbocycles. The Balaban J connectivity index is 2.63. The number of nitrogens with zero attached hydrogens (tertiary/aromatic N) is 1. The lowest BCUT2D eigenvalue weighted by molar-refractivity contribution is -0.118. The maximum Gasteiger partial charge on any atom is 0.138 e. The number of hydrogen-bond donors (Lipinski definition) is 0. The molecule has 0 N–H and O–H groups in total. The molecular weight excluding hydrogens is 198 g/mol.